The minimum Gasteiger partial charge on any atom is -0.380 e. The van der Waals surface area contributed by atoms with Gasteiger partial charge in [-0.2, -0.15) is 0 Å². The summed E-state index contributed by atoms with van der Waals surface area (Å²) in [5.74, 6) is 0. The van der Waals surface area contributed by atoms with Gasteiger partial charge in [-0.3, -0.25) is 4.90 Å². The van der Waals surface area contributed by atoms with Crippen LogP contribution in [0.1, 0.15) is 26.7 Å². The van der Waals surface area contributed by atoms with Gasteiger partial charge >= 0.3 is 0 Å². The van der Waals surface area contributed by atoms with Crippen LogP contribution < -0.4 is 5.32 Å². The SMILES string of the molecule is C=C(CNC1CC1)CN(CC)CCOCC. The Labute approximate surface area is 99.8 Å². The molecule has 1 saturated carbocycles. The lowest BCUT2D eigenvalue weighted by Crippen LogP contribution is -2.32. The molecule has 94 valence electrons. The van der Waals surface area contributed by atoms with Gasteiger partial charge in [0.2, 0.25) is 0 Å². The predicted molar refractivity (Wildman–Crippen MR) is 68.8 cm³/mol. The zero-order chi connectivity index (χ0) is 11.8. The molecule has 0 aromatic heterocycles. The first-order valence-corrected chi connectivity index (χ1v) is 6.46. The van der Waals surface area contributed by atoms with Crippen LogP contribution in [0.5, 0.6) is 0 Å². The van der Waals surface area contributed by atoms with Gasteiger partial charge in [-0.05, 0) is 31.9 Å². The van der Waals surface area contributed by atoms with Crippen LogP contribution in [-0.4, -0.2) is 50.3 Å². The number of nitrogens with zero attached hydrogens (tertiary/aromatic N) is 1. The molecule has 0 radical (unpaired) electrons. The average Bonchev–Trinajstić information content (AvgIpc) is 3.09. The Hall–Kier alpha value is -0.380. The molecular weight excluding hydrogens is 200 g/mol. The number of nitrogens with one attached hydrogen (secondary N) is 1. The number of ether oxygens (including phenoxy) is 1. The van der Waals surface area contributed by atoms with E-state index in [9.17, 15) is 0 Å². The molecule has 0 bridgehead atoms. The summed E-state index contributed by atoms with van der Waals surface area (Å²) in [7, 11) is 0. The van der Waals surface area contributed by atoms with E-state index in [4.69, 9.17) is 4.74 Å². The van der Waals surface area contributed by atoms with Gasteiger partial charge in [0.15, 0.2) is 0 Å². The monoisotopic (exact) mass is 226 g/mol. The Balaban J connectivity index is 2.06. The van der Waals surface area contributed by atoms with Crippen LogP contribution in [0.2, 0.25) is 0 Å². The first kappa shape index (κ1) is 13.7. The van der Waals surface area contributed by atoms with Crippen LogP contribution >= 0.6 is 0 Å². The van der Waals surface area contributed by atoms with E-state index in [1.165, 1.54) is 18.4 Å². The Bertz CT molecular complexity index is 202. The van der Waals surface area contributed by atoms with Crippen molar-refractivity contribution >= 4 is 0 Å². The summed E-state index contributed by atoms with van der Waals surface area (Å²) >= 11 is 0. The topological polar surface area (TPSA) is 24.5 Å². The van der Waals surface area contributed by atoms with E-state index in [1.54, 1.807) is 0 Å². The van der Waals surface area contributed by atoms with Crippen LogP contribution in [-0.2, 0) is 4.74 Å². The molecule has 0 aromatic rings. The van der Waals surface area contributed by atoms with Crippen molar-refractivity contribution in [3.63, 3.8) is 0 Å². The Morgan fingerprint density at radius 2 is 2.19 bits per heavy atom. The second-order valence-corrected chi connectivity index (χ2v) is 4.47. The minimum absolute atomic E-state index is 0.773. The zero-order valence-corrected chi connectivity index (χ0v) is 10.8. The van der Waals surface area contributed by atoms with Crippen LogP contribution in [0.3, 0.4) is 0 Å². The molecule has 0 atom stereocenters. The van der Waals surface area contributed by atoms with Gasteiger partial charge in [0.05, 0.1) is 6.61 Å². The third-order valence-corrected chi connectivity index (χ3v) is 2.87. The molecule has 0 amide bonds. The molecule has 0 aliphatic heterocycles. The van der Waals surface area contributed by atoms with E-state index < -0.39 is 0 Å². The van der Waals surface area contributed by atoms with Crippen molar-refractivity contribution in [3.8, 4) is 0 Å². The summed E-state index contributed by atoms with van der Waals surface area (Å²) in [5, 5.41) is 3.50. The van der Waals surface area contributed by atoms with Crippen molar-refractivity contribution in [2.75, 3.05) is 39.4 Å². The Morgan fingerprint density at radius 3 is 2.75 bits per heavy atom. The van der Waals surface area contributed by atoms with Crippen molar-refractivity contribution in [2.24, 2.45) is 0 Å². The van der Waals surface area contributed by atoms with E-state index in [-0.39, 0.29) is 0 Å². The highest BCUT2D eigenvalue weighted by Gasteiger charge is 2.20. The van der Waals surface area contributed by atoms with Gasteiger partial charge < -0.3 is 10.1 Å². The second kappa shape index (κ2) is 7.82. The van der Waals surface area contributed by atoms with Crippen LogP contribution in [0.25, 0.3) is 0 Å². The quantitative estimate of drug-likeness (QED) is 0.453. The van der Waals surface area contributed by atoms with Crippen LogP contribution in [0.15, 0.2) is 12.2 Å². The second-order valence-electron chi connectivity index (χ2n) is 4.47. The van der Waals surface area contributed by atoms with E-state index in [2.05, 4.69) is 23.7 Å². The van der Waals surface area contributed by atoms with E-state index in [0.29, 0.717) is 0 Å². The first-order chi connectivity index (χ1) is 7.76. The molecule has 16 heavy (non-hydrogen) atoms. The minimum atomic E-state index is 0.773. The molecule has 1 rings (SSSR count). The summed E-state index contributed by atoms with van der Waals surface area (Å²) in [6.45, 7) is 14.0. The molecule has 0 saturated heterocycles. The normalized spacial score (nSPS) is 15.7. The highest BCUT2D eigenvalue weighted by Crippen LogP contribution is 2.18. The van der Waals surface area contributed by atoms with Gasteiger partial charge in [0, 0.05) is 32.3 Å². The lowest BCUT2D eigenvalue weighted by Gasteiger charge is -2.21. The first-order valence-electron chi connectivity index (χ1n) is 6.46. The van der Waals surface area contributed by atoms with E-state index in [0.717, 1.165) is 45.4 Å². The zero-order valence-electron chi connectivity index (χ0n) is 10.8. The number of hydrogen-bond donors (Lipinski definition) is 1. The van der Waals surface area contributed by atoms with Crippen molar-refractivity contribution in [1.82, 2.24) is 10.2 Å². The van der Waals surface area contributed by atoms with Gasteiger partial charge in [0.25, 0.3) is 0 Å². The largest absolute Gasteiger partial charge is 0.380 e. The van der Waals surface area contributed by atoms with Crippen molar-refractivity contribution in [2.45, 2.75) is 32.7 Å². The predicted octanol–water partition coefficient (Wildman–Crippen LogP) is 1.65. The maximum absolute atomic E-state index is 5.37. The summed E-state index contributed by atoms with van der Waals surface area (Å²) < 4.78 is 5.37. The molecule has 0 unspecified atom stereocenters. The van der Waals surface area contributed by atoms with Gasteiger partial charge in [-0.1, -0.05) is 13.5 Å². The molecule has 0 aromatic carbocycles. The van der Waals surface area contributed by atoms with E-state index in [1.807, 2.05) is 6.92 Å². The average molecular weight is 226 g/mol. The molecule has 3 nitrogen and oxygen atoms in total. The maximum Gasteiger partial charge on any atom is 0.0593 e. The van der Waals surface area contributed by atoms with Crippen molar-refractivity contribution < 1.29 is 4.74 Å². The van der Waals surface area contributed by atoms with Gasteiger partial charge in [-0.25, -0.2) is 0 Å². The molecule has 1 aliphatic carbocycles. The van der Waals surface area contributed by atoms with Crippen molar-refractivity contribution in [3.05, 3.63) is 12.2 Å². The maximum atomic E-state index is 5.37. The molecule has 1 fully saturated rings. The van der Waals surface area contributed by atoms with E-state index >= 15 is 0 Å². The summed E-state index contributed by atoms with van der Waals surface area (Å²) in [4.78, 5) is 2.38. The standard InChI is InChI=1S/C13H26N2O/c1-4-15(8-9-16-5-2)11-12(3)10-14-13-6-7-13/h13-14H,3-11H2,1-2H3. The highest BCUT2D eigenvalue weighted by atomic mass is 16.5. The third kappa shape index (κ3) is 6.26. The Kier molecular flexibility index (Phi) is 6.69. The molecule has 1 aliphatic rings. The molecular formula is C13H26N2O. The van der Waals surface area contributed by atoms with Gasteiger partial charge in [-0.15, -0.1) is 0 Å². The molecule has 3 heteroatoms. The molecule has 0 heterocycles. The number of rotatable bonds is 10. The summed E-state index contributed by atoms with van der Waals surface area (Å²) in [6.07, 6.45) is 2.68. The summed E-state index contributed by atoms with van der Waals surface area (Å²) in [5.41, 5.74) is 1.28. The van der Waals surface area contributed by atoms with Gasteiger partial charge in [0.1, 0.15) is 0 Å². The molecule has 0 spiro atoms. The summed E-state index contributed by atoms with van der Waals surface area (Å²) in [6, 6.07) is 0.773. The number of likely N-dealkylation sites (N-methyl/N-ethyl adjacent to an activating group) is 1. The van der Waals surface area contributed by atoms with Crippen LogP contribution in [0.4, 0.5) is 0 Å². The highest BCUT2D eigenvalue weighted by molar-refractivity contribution is 5.01. The lowest BCUT2D eigenvalue weighted by molar-refractivity contribution is 0.118. The fourth-order valence-corrected chi connectivity index (χ4v) is 1.64. The fourth-order valence-electron chi connectivity index (χ4n) is 1.64. The van der Waals surface area contributed by atoms with Crippen molar-refractivity contribution in [1.29, 1.82) is 0 Å². The third-order valence-electron chi connectivity index (χ3n) is 2.87. The van der Waals surface area contributed by atoms with Crippen LogP contribution in [0, 0.1) is 0 Å². The smallest absolute Gasteiger partial charge is 0.0593 e. The molecule has 1 N–H and O–H groups in total. The number of hydrogen-bond acceptors (Lipinski definition) is 3. The Morgan fingerprint density at radius 1 is 1.44 bits per heavy atom. The fraction of sp³-hybridized carbons (Fsp3) is 0.846. The lowest BCUT2D eigenvalue weighted by atomic mass is 10.2.